The average Bonchev–Trinajstić information content (AvgIpc) is 2.75. The molecule has 0 unspecified atom stereocenters. The molecule has 0 aliphatic carbocycles. The van der Waals surface area contributed by atoms with E-state index in [4.69, 9.17) is 0 Å². The molecule has 0 atom stereocenters. The fourth-order valence-electron chi connectivity index (χ4n) is 2.85. The van der Waals surface area contributed by atoms with E-state index >= 15 is 0 Å². The predicted molar refractivity (Wildman–Crippen MR) is 106 cm³/mol. The first-order valence-corrected chi connectivity index (χ1v) is 8.51. The van der Waals surface area contributed by atoms with Crippen LogP contribution in [0, 0.1) is 17.1 Å². The zero-order valence-electron chi connectivity index (χ0n) is 15.0. The van der Waals surface area contributed by atoms with Crippen molar-refractivity contribution < 1.29 is 4.39 Å². The summed E-state index contributed by atoms with van der Waals surface area (Å²) in [5.41, 5.74) is 3.18. The van der Waals surface area contributed by atoms with Gasteiger partial charge in [0.1, 0.15) is 17.7 Å². The van der Waals surface area contributed by atoms with Crippen molar-refractivity contribution in [3.63, 3.8) is 0 Å². The lowest BCUT2D eigenvalue weighted by atomic mass is 10.1. The van der Waals surface area contributed by atoms with Gasteiger partial charge in [-0.1, -0.05) is 0 Å². The lowest BCUT2D eigenvalue weighted by Crippen LogP contribution is -2.11. The van der Waals surface area contributed by atoms with Crippen LogP contribution in [0.15, 0.2) is 67.3 Å². The Balaban J connectivity index is 1.82. The van der Waals surface area contributed by atoms with Gasteiger partial charge in [-0.3, -0.25) is 9.97 Å². The van der Waals surface area contributed by atoms with E-state index in [1.54, 1.807) is 30.7 Å². The number of pyridine rings is 3. The van der Waals surface area contributed by atoms with Crippen LogP contribution in [0.25, 0.3) is 10.9 Å². The highest BCUT2D eigenvalue weighted by atomic mass is 19.1. The van der Waals surface area contributed by atoms with Crippen molar-refractivity contribution in [1.29, 1.82) is 5.26 Å². The summed E-state index contributed by atoms with van der Waals surface area (Å²) in [6.45, 7) is 0. The van der Waals surface area contributed by atoms with Gasteiger partial charge in [0.15, 0.2) is 0 Å². The number of rotatable bonds is 4. The predicted octanol–water partition coefficient (Wildman–Crippen LogP) is 4.55. The number of anilines is 4. The van der Waals surface area contributed by atoms with E-state index in [0.717, 1.165) is 11.1 Å². The van der Waals surface area contributed by atoms with Crippen LogP contribution in [-0.2, 0) is 0 Å². The first-order chi connectivity index (χ1) is 13.7. The van der Waals surface area contributed by atoms with Gasteiger partial charge in [0.05, 0.1) is 34.8 Å². The van der Waals surface area contributed by atoms with Crippen LogP contribution < -0.4 is 10.2 Å². The van der Waals surface area contributed by atoms with Crippen LogP contribution in [-0.4, -0.2) is 22.0 Å². The van der Waals surface area contributed by atoms with E-state index in [0.29, 0.717) is 28.3 Å². The van der Waals surface area contributed by atoms with Crippen molar-refractivity contribution in [2.45, 2.75) is 0 Å². The molecule has 4 aromatic rings. The molecule has 3 aromatic heterocycles. The molecule has 0 aliphatic rings. The monoisotopic (exact) mass is 370 g/mol. The summed E-state index contributed by atoms with van der Waals surface area (Å²) in [6, 6.07) is 13.8. The number of nitrogens with zero attached hydrogens (tertiary/aromatic N) is 5. The molecule has 6 nitrogen and oxygen atoms in total. The smallest absolute Gasteiger partial charge is 0.133 e. The molecule has 3 heterocycles. The van der Waals surface area contributed by atoms with E-state index < -0.39 is 0 Å². The van der Waals surface area contributed by atoms with Crippen LogP contribution in [0.2, 0.25) is 0 Å². The van der Waals surface area contributed by atoms with Gasteiger partial charge in [-0.05, 0) is 42.5 Å². The molecule has 0 amide bonds. The number of hydrogen-bond donors (Lipinski definition) is 1. The molecule has 0 bridgehead atoms. The summed E-state index contributed by atoms with van der Waals surface area (Å²) in [4.78, 5) is 14.8. The third kappa shape index (κ3) is 3.31. The standard InChI is InChI=1S/C21H15FN6/c1-28(17-3-2-8-24-12-17)20-9-18-19(13-26-20)25-11-14(10-23)21(18)27-16-6-4-15(22)5-7-16/h2-9,11-13H,1H3,(H,25,27). The first-order valence-electron chi connectivity index (χ1n) is 8.51. The van der Waals surface area contributed by atoms with Crippen LogP contribution in [0.5, 0.6) is 0 Å². The fraction of sp³-hybridized carbons (Fsp3) is 0.0476. The molecule has 1 aromatic carbocycles. The average molecular weight is 370 g/mol. The minimum absolute atomic E-state index is 0.324. The first kappa shape index (κ1) is 17.4. The maximum Gasteiger partial charge on any atom is 0.133 e. The lowest BCUT2D eigenvalue weighted by Gasteiger charge is -2.19. The van der Waals surface area contributed by atoms with Crippen LogP contribution in [0.4, 0.5) is 27.3 Å². The minimum Gasteiger partial charge on any atom is -0.354 e. The Hall–Kier alpha value is -4.05. The quantitative estimate of drug-likeness (QED) is 0.568. The number of aromatic nitrogens is 3. The summed E-state index contributed by atoms with van der Waals surface area (Å²) < 4.78 is 13.2. The Bertz CT molecular complexity index is 1170. The lowest BCUT2D eigenvalue weighted by molar-refractivity contribution is 0.628. The molecule has 7 heteroatoms. The Morgan fingerprint density at radius 3 is 2.61 bits per heavy atom. The van der Waals surface area contributed by atoms with E-state index in [1.165, 1.54) is 18.3 Å². The molecule has 1 N–H and O–H groups in total. The van der Waals surface area contributed by atoms with Crippen LogP contribution in [0.3, 0.4) is 0 Å². The normalized spacial score (nSPS) is 10.5. The number of nitriles is 1. The van der Waals surface area contributed by atoms with Gasteiger partial charge >= 0.3 is 0 Å². The van der Waals surface area contributed by atoms with Gasteiger partial charge in [-0.15, -0.1) is 0 Å². The van der Waals surface area contributed by atoms with Crippen molar-refractivity contribution in [2.75, 3.05) is 17.3 Å². The third-order valence-corrected chi connectivity index (χ3v) is 4.35. The fourth-order valence-corrected chi connectivity index (χ4v) is 2.85. The van der Waals surface area contributed by atoms with Crippen molar-refractivity contribution in [3.05, 3.63) is 78.6 Å². The maximum absolute atomic E-state index is 13.2. The highest BCUT2D eigenvalue weighted by Gasteiger charge is 2.13. The molecular weight excluding hydrogens is 355 g/mol. The minimum atomic E-state index is -0.324. The number of halogens is 1. The molecule has 4 rings (SSSR count). The molecule has 0 fully saturated rings. The van der Waals surface area contributed by atoms with Gasteiger partial charge in [0.2, 0.25) is 0 Å². The zero-order valence-corrected chi connectivity index (χ0v) is 15.0. The zero-order chi connectivity index (χ0) is 19.5. The van der Waals surface area contributed by atoms with Crippen molar-refractivity contribution in [2.24, 2.45) is 0 Å². The SMILES string of the molecule is CN(c1cccnc1)c1cc2c(Nc3ccc(F)cc3)c(C#N)cnc2cn1. The highest BCUT2D eigenvalue weighted by molar-refractivity contribution is 5.97. The Labute approximate surface area is 160 Å². The van der Waals surface area contributed by atoms with Gasteiger partial charge in [0, 0.05) is 30.5 Å². The summed E-state index contributed by atoms with van der Waals surface area (Å²) in [5, 5.41) is 13.5. The number of hydrogen-bond acceptors (Lipinski definition) is 6. The highest BCUT2D eigenvalue weighted by Crippen LogP contribution is 2.32. The molecule has 0 radical (unpaired) electrons. The van der Waals surface area contributed by atoms with E-state index in [9.17, 15) is 9.65 Å². The van der Waals surface area contributed by atoms with E-state index in [1.807, 2.05) is 30.1 Å². The number of fused-ring (bicyclic) bond motifs is 1. The summed E-state index contributed by atoms with van der Waals surface area (Å²) in [7, 11) is 1.89. The number of nitrogens with one attached hydrogen (secondary N) is 1. The van der Waals surface area contributed by atoms with Gasteiger partial charge in [-0.25, -0.2) is 9.37 Å². The molecule has 28 heavy (non-hydrogen) atoms. The van der Waals surface area contributed by atoms with E-state index in [2.05, 4.69) is 26.3 Å². The van der Waals surface area contributed by atoms with Crippen molar-refractivity contribution in [1.82, 2.24) is 15.0 Å². The van der Waals surface area contributed by atoms with Crippen molar-refractivity contribution in [3.8, 4) is 6.07 Å². The molecule has 0 aliphatic heterocycles. The second kappa shape index (κ2) is 7.29. The summed E-state index contributed by atoms with van der Waals surface area (Å²) in [5.74, 6) is 0.356. The molecule has 0 saturated carbocycles. The summed E-state index contributed by atoms with van der Waals surface area (Å²) >= 11 is 0. The van der Waals surface area contributed by atoms with Gasteiger partial charge < -0.3 is 10.2 Å². The second-order valence-corrected chi connectivity index (χ2v) is 6.12. The second-order valence-electron chi connectivity index (χ2n) is 6.12. The Morgan fingerprint density at radius 2 is 1.89 bits per heavy atom. The van der Waals surface area contributed by atoms with Gasteiger partial charge in [-0.2, -0.15) is 5.26 Å². The Kier molecular flexibility index (Phi) is 4.52. The topological polar surface area (TPSA) is 77.7 Å². The molecule has 0 spiro atoms. The molecular formula is C21H15FN6. The molecule has 136 valence electrons. The van der Waals surface area contributed by atoms with Crippen molar-refractivity contribution >= 4 is 33.8 Å². The van der Waals surface area contributed by atoms with Crippen LogP contribution >= 0.6 is 0 Å². The third-order valence-electron chi connectivity index (χ3n) is 4.35. The summed E-state index contributed by atoms with van der Waals surface area (Å²) in [6.07, 6.45) is 6.61. The van der Waals surface area contributed by atoms with Crippen LogP contribution in [0.1, 0.15) is 5.56 Å². The largest absolute Gasteiger partial charge is 0.354 e. The van der Waals surface area contributed by atoms with E-state index in [-0.39, 0.29) is 5.82 Å². The maximum atomic E-state index is 13.2. The Morgan fingerprint density at radius 1 is 1.07 bits per heavy atom. The molecule has 0 saturated heterocycles. The number of benzene rings is 1. The van der Waals surface area contributed by atoms with Gasteiger partial charge in [0.25, 0.3) is 0 Å².